The van der Waals surface area contributed by atoms with Gasteiger partial charge in [0.15, 0.2) is 0 Å². The fourth-order valence-electron chi connectivity index (χ4n) is 5.39. The molecule has 1 aliphatic carbocycles. The molecule has 192 valence electrons. The summed E-state index contributed by atoms with van der Waals surface area (Å²) < 4.78 is 22.6. The molecule has 2 fully saturated rings. The Hall–Kier alpha value is -2.56. The molecule has 0 bridgehead atoms. The first-order chi connectivity index (χ1) is 17.2. The second-order valence-corrected chi connectivity index (χ2v) is 12.3. The lowest BCUT2D eigenvalue weighted by Gasteiger charge is -2.34. The van der Waals surface area contributed by atoms with Crippen LogP contribution in [0.15, 0.2) is 54.6 Å². The van der Waals surface area contributed by atoms with Crippen LogP contribution in [0.3, 0.4) is 0 Å². The van der Waals surface area contributed by atoms with E-state index >= 15 is 0 Å². The third-order valence-corrected chi connectivity index (χ3v) is 7.09. The number of hydrogen-bond donors (Lipinski definition) is 0. The van der Waals surface area contributed by atoms with E-state index in [1.54, 1.807) is 0 Å². The van der Waals surface area contributed by atoms with Crippen molar-refractivity contribution in [2.45, 2.75) is 71.5 Å². The van der Waals surface area contributed by atoms with Crippen LogP contribution in [0.25, 0.3) is 11.1 Å². The summed E-state index contributed by atoms with van der Waals surface area (Å²) in [7, 11) is 0. The maximum absolute atomic E-state index is 6.25. The van der Waals surface area contributed by atoms with Crippen LogP contribution in [0.2, 0.25) is 0 Å². The Balaban J connectivity index is 1.34. The van der Waals surface area contributed by atoms with Gasteiger partial charge >= 0.3 is 0 Å². The normalized spacial score (nSPS) is 21.5. The molecule has 36 heavy (non-hydrogen) atoms. The molecule has 5 rings (SSSR count). The van der Waals surface area contributed by atoms with Crippen LogP contribution in [-0.4, -0.2) is 38.6 Å². The number of epoxide rings is 2. The zero-order valence-electron chi connectivity index (χ0n) is 22.4. The Morgan fingerprint density at radius 2 is 1.31 bits per heavy atom. The first-order valence-electron chi connectivity index (χ1n) is 13.3. The molecule has 0 aromatic heterocycles. The van der Waals surface area contributed by atoms with Crippen LogP contribution in [0.5, 0.6) is 11.5 Å². The predicted molar refractivity (Wildman–Crippen MR) is 146 cm³/mol. The largest absolute Gasteiger partial charge is 0.491 e. The van der Waals surface area contributed by atoms with Crippen molar-refractivity contribution >= 4 is 11.1 Å². The van der Waals surface area contributed by atoms with Gasteiger partial charge in [0.25, 0.3) is 0 Å². The van der Waals surface area contributed by atoms with Crippen molar-refractivity contribution in [1.29, 1.82) is 0 Å². The van der Waals surface area contributed by atoms with E-state index in [4.69, 9.17) is 18.9 Å². The quantitative estimate of drug-likeness (QED) is 0.331. The molecule has 0 amide bonds. The van der Waals surface area contributed by atoms with Crippen LogP contribution in [0, 0.1) is 5.41 Å². The van der Waals surface area contributed by atoms with Crippen molar-refractivity contribution in [3.05, 3.63) is 71.3 Å². The minimum Gasteiger partial charge on any atom is -0.491 e. The molecule has 0 N–H and O–H groups in total. The lowest BCUT2D eigenvalue weighted by molar-refractivity contribution is 0.245. The fourth-order valence-corrected chi connectivity index (χ4v) is 5.39. The van der Waals surface area contributed by atoms with E-state index in [0.29, 0.717) is 13.2 Å². The summed E-state index contributed by atoms with van der Waals surface area (Å²) in [6.07, 6.45) is 8.24. The van der Waals surface area contributed by atoms with Crippen LogP contribution in [0.4, 0.5) is 0 Å². The molecule has 4 heteroatoms. The van der Waals surface area contributed by atoms with Crippen LogP contribution < -0.4 is 9.47 Å². The highest BCUT2D eigenvalue weighted by Crippen LogP contribution is 2.42. The highest BCUT2D eigenvalue weighted by Gasteiger charge is 2.31. The highest BCUT2D eigenvalue weighted by atomic mass is 16.6. The van der Waals surface area contributed by atoms with E-state index in [9.17, 15) is 0 Å². The molecule has 2 unspecified atom stereocenters. The van der Waals surface area contributed by atoms with Gasteiger partial charge in [-0.05, 0) is 76.6 Å². The lowest BCUT2D eigenvalue weighted by atomic mass is 9.71. The summed E-state index contributed by atoms with van der Waals surface area (Å²) in [6.45, 7) is 14.5. The van der Waals surface area contributed by atoms with Crippen molar-refractivity contribution in [3.8, 4) is 11.5 Å². The molecule has 0 radical (unpaired) electrons. The SMILES string of the molecule is CC(C)(C)CC(C)(C)c1cc(C2=CC=C(c3ccc(OCC4CO4)cc3)CC2)ccc1OCC1CO1. The molecule has 0 spiro atoms. The predicted octanol–water partition coefficient (Wildman–Crippen LogP) is 7.22. The van der Waals surface area contributed by atoms with Gasteiger partial charge in [-0.25, -0.2) is 0 Å². The van der Waals surface area contributed by atoms with Crippen molar-refractivity contribution in [3.63, 3.8) is 0 Å². The Bertz CT molecular complexity index is 1130. The Morgan fingerprint density at radius 3 is 1.86 bits per heavy atom. The summed E-state index contributed by atoms with van der Waals surface area (Å²) >= 11 is 0. The minimum absolute atomic E-state index is 0.000321. The van der Waals surface area contributed by atoms with E-state index < -0.39 is 0 Å². The summed E-state index contributed by atoms with van der Waals surface area (Å²) in [4.78, 5) is 0. The third kappa shape index (κ3) is 6.60. The van der Waals surface area contributed by atoms with Gasteiger partial charge in [-0.1, -0.05) is 65.0 Å². The Kier molecular flexibility index (Phi) is 7.02. The van der Waals surface area contributed by atoms with E-state index in [1.165, 1.54) is 27.8 Å². The van der Waals surface area contributed by atoms with Gasteiger partial charge in [-0.2, -0.15) is 0 Å². The molecule has 2 aromatic rings. The smallest absolute Gasteiger partial charge is 0.123 e. The van der Waals surface area contributed by atoms with Gasteiger partial charge < -0.3 is 18.9 Å². The summed E-state index contributed by atoms with van der Waals surface area (Å²) in [6, 6.07) is 15.2. The van der Waals surface area contributed by atoms with Gasteiger partial charge in [0.1, 0.15) is 36.9 Å². The molecule has 2 aliphatic heterocycles. The molecule has 3 aliphatic rings. The van der Waals surface area contributed by atoms with Crippen molar-refractivity contribution < 1.29 is 18.9 Å². The van der Waals surface area contributed by atoms with Crippen LogP contribution >= 0.6 is 0 Å². The van der Waals surface area contributed by atoms with Gasteiger partial charge in [-0.15, -0.1) is 0 Å². The number of benzene rings is 2. The maximum atomic E-state index is 6.25. The monoisotopic (exact) mass is 488 g/mol. The molecule has 2 atom stereocenters. The Morgan fingerprint density at radius 1 is 0.750 bits per heavy atom. The van der Waals surface area contributed by atoms with Crippen LogP contribution in [0.1, 0.15) is 70.6 Å². The number of hydrogen-bond acceptors (Lipinski definition) is 4. The van der Waals surface area contributed by atoms with Crippen molar-refractivity contribution in [2.24, 2.45) is 5.41 Å². The fraction of sp³-hybridized carbons (Fsp3) is 0.500. The van der Waals surface area contributed by atoms with E-state index in [-0.39, 0.29) is 23.0 Å². The molecule has 2 aromatic carbocycles. The lowest BCUT2D eigenvalue weighted by Crippen LogP contribution is -2.26. The van der Waals surface area contributed by atoms with Gasteiger partial charge in [0, 0.05) is 5.56 Å². The maximum Gasteiger partial charge on any atom is 0.123 e. The van der Waals surface area contributed by atoms with E-state index in [2.05, 4.69) is 89.2 Å². The van der Waals surface area contributed by atoms with Crippen molar-refractivity contribution in [1.82, 2.24) is 0 Å². The highest BCUT2D eigenvalue weighted by molar-refractivity contribution is 5.78. The Labute approximate surface area is 216 Å². The number of rotatable bonds is 10. The standard InChI is InChI=1S/C32H40O4/c1-31(2,3)21-32(4,5)29-16-25(12-15-30(29)36-20-28-19-35-28)24-8-6-22(7-9-24)23-10-13-26(14-11-23)33-17-27-18-34-27/h6,8,10-16,27-28H,7,9,17-21H2,1-5H3. The topological polar surface area (TPSA) is 43.5 Å². The molecule has 2 saturated heterocycles. The average Bonchev–Trinajstić information content (AvgIpc) is 3.76. The zero-order valence-corrected chi connectivity index (χ0v) is 22.4. The zero-order chi connectivity index (χ0) is 25.3. The number of ether oxygens (including phenoxy) is 4. The summed E-state index contributed by atoms with van der Waals surface area (Å²) in [5.41, 5.74) is 6.83. The summed E-state index contributed by atoms with van der Waals surface area (Å²) in [5.74, 6) is 1.90. The molecular weight excluding hydrogens is 448 g/mol. The minimum atomic E-state index is -0.000321. The van der Waals surface area contributed by atoms with Gasteiger partial charge in [-0.3, -0.25) is 0 Å². The molecular formula is C32H40O4. The molecule has 0 saturated carbocycles. The second kappa shape index (κ2) is 10.1. The third-order valence-electron chi connectivity index (χ3n) is 7.09. The average molecular weight is 489 g/mol. The summed E-state index contributed by atoms with van der Waals surface area (Å²) in [5, 5.41) is 0. The van der Waals surface area contributed by atoms with Crippen LogP contribution in [-0.2, 0) is 14.9 Å². The van der Waals surface area contributed by atoms with E-state index in [0.717, 1.165) is 44.0 Å². The molecule has 2 heterocycles. The first-order valence-corrected chi connectivity index (χ1v) is 13.3. The van der Waals surface area contributed by atoms with Gasteiger partial charge in [0.05, 0.1) is 13.2 Å². The first kappa shape index (κ1) is 25.1. The number of allylic oxidation sites excluding steroid dienone is 4. The molecule has 4 nitrogen and oxygen atoms in total. The van der Waals surface area contributed by atoms with E-state index in [1.807, 2.05) is 0 Å². The van der Waals surface area contributed by atoms with Crippen molar-refractivity contribution in [2.75, 3.05) is 26.4 Å². The van der Waals surface area contributed by atoms with Gasteiger partial charge in [0.2, 0.25) is 0 Å². The second-order valence-electron chi connectivity index (χ2n) is 12.3.